The van der Waals surface area contributed by atoms with Crippen molar-refractivity contribution in [1.82, 2.24) is 5.32 Å². The first kappa shape index (κ1) is 15.8. The first-order valence-electron chi connectivity index (χ1n) is 7.14. The van der Waals surface area contributed by atoms with Gasteiger partial charge in [0.2, 0.25) is 5.82 Å². The van der Waals surface area contributed by atoms with Crippen molar-refractivity contribution >= 4 is 5.69 Å². The van der Waals surface area contributed by atoms with E-state index in [1.807, 2.05) is 0 Å². The lowest BCUT2D eigenvalue weighted by atomic mass is 9.75. The zero-order valence-corrected chi connectivity index (χ0v) is 12.3. The fraction of sp³-hybridized carbons (Fsp3) is 0.600. The Kier molecular flexibility index (Phi) is 4.56. The van der Waals surface area contributed by atoms with Crippen LogP contribution in [0, 0.1) is 27.2 Å². The molecule has 0 unspecified atom stereocenters. The molecule has 6 heteroatoms. The summed E-state index contributed by atoms with van der Waals surface area (Å²) in [6.45, 7) is 4.64. The van der Waals surface area contributed by atoms with Crippen LogP contribution in [0.15, 0.2) is 12.1 Å². The number of nitro benzene ring substituents is 1. The number of rotatable bonds is 4. The van der Waals surface area contributed by atoms with Crippen LogP contribution in [0.1, 0.15) is 45.1 Å². The quantitative estimate of drug-likeness (QED) is 0.677. The van der Waals surface area contributed by atoms with Gasteiger partial charge in [-0.15, -0.1) is 0 Å². The van der Waals surface area contributed by atoms with E-state index in [1.54, 1.807) is 0 Å². The van der Waals surface area contributed by atoms with Crippen LogP contribution in [0.3, 0.4) is 0 Å². The highest BCUT2D eigenvalue weighted by atomic mass is 19.1. The first-order chi connectivity index (χ1) is 9.78. The van der Waals surface area contributed by atoms with E-state index in [2.05, 4.69) is 19.2 Å². The molecule has 1 aromatic rings. The van der Waals surface area contributed by atoms with E-state index >= 15 is 0 Å². The standard InChI is InChI=1S/C15H20F2N2O2/c1-15(2)5-3-11(4-6-15)18-9-10-7-14(19(20)21)13(17)8-12(10)16/h7-8,11,18H,3-6,9H2,1-2H3. The minimum absolute atomic E-state index is 0.132. The zero-order valence-electron chi connectivity index (χ0n) is 12.3. The Balaban J connectivity index is 2.00. The fourth-order valence-electron chi connectivity index (χ4n) is 2.71. The Morgan fingerprint density at radius 1 is 1.29 bits per heavy atom. The molecular weight excluding hydrogens is 278 g/mol. The van der Waals surface area contributed by atoms with Crippen LogP contribution in [-0.2, 0) is 6.54 Å². The summed E-state index contributed by atoms with van der Waals surface area (Å²) in [5, 5.41) is 13.9. The van der Waals surface area contributed by atoms with Crippen LogP contribution in [-0.4, -0.2) is 11.0 Å². The molecule has 116 valence electrons. The first-order valence-corrected chi connectivity index (χ1v) is 7.14. The maximum absolute atomic E-state index is 13.7. The lowest BCUT2D eigenvalue weighted by Gasteiger charge is -2.34. The highest BCUT2D eigenvalue weighted by molar-refractivity contribution is 5.37. The largest absolute Gasteiger partial charge is 0.310 e. The van der Waals surface area contributed by atoms with Crippen LogP contribution >= 0.6 is 0 Å². The highest BCUT2D eigenvalue weighted by Gasteiger charge is 2.27. The zero-order chi connectivity index (χ0) is 15.6. The minimum atomic E-state index is -1.14. The maximum Gasteiger partial charge on any atom is 0.305 e. The van der Waals surface area contributed by atoms with Crippen LogP contribution in [0.5, 0.6) is 0 Å². The molecule has 1 aromatic carbocycles. The average molecular weight is 298 g/mol. The molecule has 0 aromatic heterocycles. The lowest BCUT2D eigenvalue weighted by Crippen LogP contribution is -2.35. The van der Waals surface area contributed by atoms with Gasteiger partial charge in [0, 0.05) is 30.3 Å². The third kappa shape index (κ3) is 3.97. The van der Waals surface area contributed by atoms with E-state index in [0.29, 0.717) is 11.5 Å². The highest BCUT2D eigenvalue weighted by Crippen LogP contribution is 2.35. The smallest absolute Gasteiger partial charge is 0.305 e. The molecule has 1 saturated carbocycles. The Morgan fingerprint density at radius 3 is 2.48 bits per heavy atom. The van der Waals surface area contributed by atoms with Gasteiger partial charge in [0.05, 0.1) is 4.92 Å². The number of hydrogen-bond acceptors (Lipinski definition) is 3. The molecule has 0 heterocycles. The Labute approximate surface area is 122 Å². The third-order valence-electron chi connectivity index (χ3n) is 4.23. The molecule has 4 nitrogen and oxygen atoms in total. The van der Waals surface area contributed by atoms with Gasteiger partial charge in [-0.05, 0) is 31.1 Å². The number of hydrogen-bond donors (Lipinski definition) is 1. The van der Waals surface area contributed by atoms with Crippen molar-refractivity contribution < 1.29 is 13.7 Å². The van der Waals surface area contributed by atoms with Crippen LogP contribution in [0.25, 0.3) is 0 Å². The fourth-order valence-corrected chi connectivity index (χ4v) is 2.71. The molecule has 0 atom stereocenters. The molecule has 0 saturated heterocycles. The van der Waals surface area contributed by atoms with Crippen molar-refractivity contribution in [2.75, 3.05) is 0 Å². The van der Waals surface area contributed by atoms with Gasteiger partial charge in [-0.25, -0.2) is 4.39 Å². The van der Waals surface area contributed by atoms with E-state index in [1.165, 1.54) is 0 Å². The van der Waals surface area contributed by atoms with Crippen LogP contribution in [0.4, 0.5) is 14.5 Å². The lowest BCUT2D eigenvalue weighted by molar-refractivity contribution is -0.387. The Morgan fingerprint density at radius 2 is 1.90 bits per heavy atom. The number of nitrogens with one attached hydrogen (secondary N) is 1. The molecule has 1 fully saturated rings. The monoisotopic (exact) mass is 298 g/mol. The van der Waals surface area contributed by atoms with Crippen LogP contribution in [0.2, 0.25) is 0 Å². The van der Waals surface area contributed by atoms with E-state index in [0.717, 1.165) is 31.7 Å². The predicted octanol–water partition coefficient (Wildman–Crippen LogP) is 3.93. The molecule has 0 bridgehead atoms. The summed E-state index contributed by atoms with van der Waals surface area (Å²) in [6.07, 6.45) is 4.18. The molecule has 1 aliphatic rings. The van der Waals surface area contributed by atoms with E-state index in [4.69, 9.17) is 0 Å². The molecular formula is C15H20F2N2O2. The van der Waals surface area contributed by atoms with Crippen LogP contribution < -0.4 is 5.32 Å². The number of benzene rings is 1. The van der Waals surface area contributed by atoms with Gasteiger partial charge in [-0.2, -0.15) is 4.39 Å². The van der Waals surface area contributed by atoms with Gasteiger partial charge in [-0.1, -0.05) is 13.8 Å². The summed E-state index contributed by atoms with van der Waals surface area (Å²) in [4.78, 5) is 9.85. The molecule has 0 radical (unpaired) electrons. The van der Waals surface area contributed by atoms with E-state index in [9.17, 15) is 18.9 Å². The van der Waals surface area contributed by atoms with E-state index in [-0.39, 0.29) is 18.2 Å². The Hall–Kier alpha value is -1.56. The van der Waals surface area contributed by atoms with Gasteiger partial charge in [-0.3, -0.25) is 10.1 Å². The SMILES string of the molecule is CC1(C)CCC(NCc2cc([N+](=O)[O-])c(F)cc2F)CC1. The summed E-state index contributed by atoms with van der Waals surface area (Å²) in [7, 11) is 0. The molecule has 1 aliphatic carbocycles. The van der Waals surface area contributed by atoms with Gasteiger partial charge in [0.25, 0.3) is 0 Å². The summed E-state index contributed by atoms with van der Waals surface area (Å²) in [6, 6.07) is 1.84. The number of nitro groups is 1. The second kappa shape index (κ2) is 6.05. The van der Waals surface area contributed by atoms with Gasteiger partial charge in [0.1, 0.15) is 5.82 Å². The molecule has 0 aliphatic heterocycles. The van der Waals surface area contributed by atoms with E-state index < -0.39 is 22.2 Å². The van der Waals surface area contributed by atoms with Crippen molar-refractivity contribution in [3.63, 3.8) is 0 Å². The number of nitrogens with zero attached hydrogens (tertiary/aromatic N) is 1. The summed E-state index contributed by atoms with van der Waals surface area (Å²) in [5.41, 5.74) is -0.205. The predicted molar refractivity (Wildman–Crippen MR) is 75.9 cm³/mol. The van der Waals surface area contributed by atoms with Crippen molar-refractivity contribution in [2.24, 2.45) is 5.41 Å². The minimum Gasteiger partial charge on any atom is -0.310 e. The van der Waals surface area contributed by atoms with Crippen molar-refractivity contribution in [1.29, 1.82) is 0 Å². The van der Waals surface area contributed by atoms with Crippen molar-refractivity contribution in [2.45, 2.75) is 52.1 Å². The Bertz CT molecular complexity index is 537. The number of halogens is 2. The second-order valence-electron chi connectivity index (χ2n) is 6.47. The average Bonchev–Trinajstić information content (AvgIpc) is 2.38. The molecule has 0 amide bonds. The molecule has 0 spiro atoms. The molecule has 2 rings (SSSR count). The summed E-state index contributed by atoms with van der Waals surface area (Å²) in [5.74, 6) is -1.89. The normalized spacial score (nSPS) is 18.7. The maximum atomic E-state index is 13.7. The molecule has 21 heavy (non-hydrogen) atoms. The van der Waals surface area contributed by atoms with Crippen molar-refractivity contribution in [3.8, 4) is 0 Å². The summed E-state index contributed by atoms with van der Waals surface area (Å²) >= 11 is 0. The van der Waals surface area contributed by atoms with Gasteiger partial charge < -0.3 is 5.32 Å². The van der Waals surface area contributed by atoms with Crippen molar-refractivity contribution in [3.05, 3.63) is 39.4 Å². The topological polar surface area (TPSA) is 55.2 Å². The second-order valence-corrected chi connectivity index (χ2v) is 6.47. The van der Waals surface area contributed by atoms with Gasteiger partial charge >= 0.3 is 5.69 Å². The third-order valence-corrected chi connectivity index (χ3v) is 4.23. The summed E-state index contributed by atoms with van der Waals surface area (Å²) < 4.78 is 26.9. The molecule has 1 N–H and O–H groups in total. The van der Waals surface area contributed by atoms with Gasteiger partial charge in [0.15, 0.2) is 0 Å².